The number of amides is 1. The second-order valence-electron chi connectivity index (χ2n) is 4.26. The second-order valence-corrected chi connectivity index (χ2v) is 5.05. The van der Waals surface area contributed by atoms with Gasteiger partial charge in [0.15, 0.2) is 10.8 Å². The van der Waals surface area contributed by atoms with Gasteiger partial charge in [0.05, 0.1) is 10.7 Å². The molecule has 1 amide bonds. The van der Waals surface area contributed by atoms with Crippen molar-refractivity contribution in [3.05, 3.63) is 46.2 Å². The number of hydrogen-bond acceptors (Lipinski definition) is 4. The highest BCUT2D eigenvalue weighted by atomic mass is 35.5. The molecular weight excluding hydrogens is 299 g/mol. The van der Waals surface area contributed by atoms with Crippen LogP contribution in [0.15, 0.2) is 30.3 Å². The summed E-state index contributed by atoms with van der Waals surface area (Å²) >= 11 is 11.8. The van der Waals surface area contributed by atoms with Crippen LogP contribution in [0.4, 0.5) is 11.4 Å². The summed E-state index contributed by atoms with van der Waals surface area (Å²) in [5, 5.41) is 10.8. The quantitative estimate of drug-likeness (QED) is 0.946. The van der Waals surface area contributed by atoms with E-state index in [1.165, 1.54) is 12.1 Å². The monoisotopic (exact) mass is 310 g/mol. The van der Waals surface area contributed by atoms with Crippen LogP contribution in [0, 0.1) is 0 Å². The Morgan fingerprint density at radius 2 is 1.90 bits per heavy atom. The Balaban J connectivity index is 2.16. The summed E-state index contributed by atoms with van der Waals surface area (Å²) in [7, 11) is 3.78. The lowest BCUT2D eigenvalue weighted by Gasteiger charge is -2.15. The van der Waals surface area contributed by atoms with E-state index >= 15 is 0 Å². The minimum atomic E-state index is -0.372. The van der Waals surface area contributed by atoms with E-state index in [4.69, 9.17) is 23.2 Å². The number of carbonyl (C=O) groups is 1. The van der Waals surface area contributed by atoms with Gasteiger partial charge in [-0.1, -0.05) is 23.2 Å². The summed E-state index contributed by atoms with van der Waals surface area (Å²) in [5.41, 5.74) is 1.64. The minimum Gasteiger partial charge on any atom is -0.376 e. The molecule has 0 unspecified atom stereocenters. The molecule has 1 aromatic heterocycles. The van der Waals surface area contributed by atoms with Gasteiger partial charge in [-0.15, -0.1) is 10.2 Å². The SMILES string of the molecule is CN(C)c1ccc(NC(=O)c2ccc(Cl)nn2)cc1Cl. The number of nitrogens with zero attached hydrogens (tertiary/aromatic N) is 3. The van der Waals surface area contributed by atoms with Crippen molar-refractivity contribution in [2.24, 2.45) is 0 Å². The number of aromatic nitrogens is 2. The maximum atomic E-state index is 11.9. The third-order valence-electron chi connectivity index (χ3n) is 2.55. The zero-order chi connectivity index (χ0) is 14.7. The number of halogens is 2. The van der Waals surface area contributed by atoms with Crippen LogP contribution in [0.25, 0.3) is 0 Å². The molecule has 1 N–H and O–H groups in total. The molecule has 7 heteroatoms. The average Bonchev–Trinajstić information content (AvgIpc) is 2.39. The molecular formula is C13H12Cl2N4O. The summed E-state index contributed by atoms with van der Waals surface area (Å²) in [5.74, 6) is -0.372. The molecule has 0 aliphatic carbocycles. The Kier molecular flexibility index (Phi) is 4.42. The smallest absolute Gasteiger partial charge is 0.276 e. The molecule has 0 spiro atoms. The van der Waals surface area contributed by atoms with E-state index in [0.717, 1.165) is 5.69 Å². The number of benzene rings is 1. The van der Waals surface area contributed by atoms with Gasteiger partial charge >= 0.3 is 0 Å². The van der Waals surface area contributed by atoms with Crippen molar-refractivity contribution in [2.45, 2.75) is 0 Å². The number of nitrogens with one attached hydrogen (secondary N) is 1. The molecule has 2 rings (SSSR count). The van der Waals surface area contributed by atoms with E-state index in [1.807, 2.05) is 25.1 Å². The van der Waals surface area contributed by atoms with Crippen molar-refractivity contribution >= 4 is 40.5 Å². The molecule has 0 atom stereocenters. The standard InChI is InChI=1S/C13H12Cl2N4O/c1-19(2)11-5-3-8(7-9(11)14)16-13(20)10-4-6-12(15)18-17-10/h3-7H,1-2H3,(H,16,20). The van der Waals surface area contributed by atoms with Gasteiger partial charge in [0, 0.05) is 19.8 Å². The third kappa shape index (κ3) is 3.37. The van der Waals surface area contributed by atoms with Gasteiger partial charge in [0.25, 0.3) is 5.91 Å². The van der Waals surface area contributed by atoms with Gasteiger partial charge in [0.2, 0.25) is 0 Å². The first-order valence-electron chi connectivity index (χ1n) is 5.75. The first-order valence-corrected chi connectivity index (χ1v) is 6.50. The zero-order valence-electron chi connectivity index (χ0n) is 10.9. The molecule has 104 valence electrons. The fraction of sp³-hybridized carbons (Fsp3) is 0.154. The van der Waals surface area contributed by atoms with E-state index in [-0.39, 0.29) is 16.8 Å². The highest BCUT2D eigenvalue weighted by molar-refractivity contribution is 6.33. The van der Waals surface area contributed by atoms with Crippen molar-refractivity contribution in [2.75, 3.05) is 24.3 Å². The van der Waals surface area contributed by atoms with Crippen molar-refractivity contribution in [3.63, 3.8) is 0 Å². The zero-order valence-corrected chi connectivity index (χ0v) is 12.4. The number of anilines is 2. The van der Waals surface area contributed by atoms with Crippen LogP contribution in [0.1, 0.15) is 10.5 Å². The first kappa shape index (κ1) is 14.6. The van der Waals surface area contributed by atoms with E-state index in [9.17, 15) is 4.79 Å². The molecule has 0 saturated heterocycles. The first-order chi connectivity index (χ1) is 9.47. The van der Waals surface area contributed by atoms with Crippen molar-refractivity contribution in [1.29, 1.82) is 0 Å². The third-order valence-corrected chi connectivity index (χ3v) is 3.06. The molecule has 5 nitrogen and oxygen atoms in total. The summed E-state index contributed by atoms with van der Waals surface area (Å²) in [6.07, 6.45) is 0. The minimum absolute atomic E-state index is 0.183. The fourth-order valence-corrected chi connectivity index (χ4v) is 2.03. The normalized spacial score (nSPS) is 10.2. The van der Waals surface area contributed by atoms with Crippen molar-refractivity contribution < 1.29 is 4.79 Å². The summed E-state index contributed by atoms with van der Waals surface area (Å²) in [4.78, 5) is 13.8. The van der Waals surface area contributed by atoms with Crippen LogP contribution < -0.4 is 10.2 Å². The van der Waals surface area contributed by atoms with Crippen LogP contribution in [-0.2, 0) is 0 Å². The largest absolute Gasteiger partial charge is 0.376 e. The number of hydrogen-bond donors (Lipinski definition) is 1. The fourth-order valence-electron chi connectivity index (χ4n) is 1.58. The average molecular weight is 311 g/mol. The van der Waals surface area contributed by atoms with E-state index < -0.39 is 0 Å². The Morgan fingerprint density at radius 1 is 1.15 bits per heavy atom. The van der Waals surface area contributed by atoms with Crippen LogP contribution >= 0.6 is 23.2 Å². The van der Waals surface area contributed by atoms with Crippen molar-refractivity contribution in [3.8, 4) is 0 Å². The molecule has 0 bridgehead atoms. The van der Waals surface area contributed by atoms with Gasteiger partial charge < -0.3 is 10.2 Å². The topological polar surface area (TPSA) is 58.1 Å². The van der Waals surface area contributed by atoms with E-state index in [2.05, 4.69) is 15.5 Å². The molecule has 0 aliphatic heterocycles. The van der Waals surface area contributed by atoms with Crippen molar-refractivity contribution in [1.82, 2.24) is 10.2 Å². The van der Waals surface area contributed by atoms with E-state index in [1.54, 1.807) is 12.1 Å². The highest BCUT2D eigenvalue weighted by Crippen LogP contribution is 2.27. The van der Waals surface area contributed by atoms with Crippen LogP contribution in [0.3, 0.4) is 0 Å². The van der Waals surface area contributed by atoms with Gasteiger partial charge in [-0.25, -0.2) is 0 Å². The Morgan fingerprint density at radius 3 is 2.45 bits per heavy atom. The maximum absolute atomic E-state index is 11.9. The predicted molar refractivity (Wildman–Crippen MR) is 80.8 cm³/mol. The van der Waals surface area contributed by atoms with Gasteiger partial charge in [-0.3, -0.25) is 4.79 Å². The Bertz CT molecular complexity index is 629. The molecule has 2 aromatic rings. The molecule has 1 aromatic carbocycles. The van der Waals surface area contributed by atoms with Gasteiger partial charge in [-0.2, -0.15) is 0 Å². The van der Waals surface area contributed by atoms with E-state index in [0.29, 0.717) is 10.7 Å². The Labute approximate surface area is 126 Å². The van der Waals surface area contributed by atoms with Crippen LogP contribution in [0.2, 0.25) is 10.2 Å². The molecule has 0 saturated carbocycles. The summed E-state index contributed by atoms with van der Waals surface area (Å²) in [6, 6.07) is 8.28. The predicted octanol–water partition coefficient (Wildman–Crippen LogP) is 3.10. The molecule has 0 fully saturated rings. The van der Waals surface area contributed by atoms with Gasteiger partial charge in [-0.05, 0) is 30.3 Å². The molecule has 1 heterocycles. The molecule has 20 heavy (non-hydrogen) atoms. The summed E-state index contributed by atoms with van der Waals surface area (Å²) in [6.45, 7) is 0. The maximum Gasteiger partial charge on any atom is 0.276 e. The Hall–Kier alpha value is -1.85. The lowest BCUT2D eigenvalue weighted by Crippen LogP contribution is -2.14. The number of carbonyl (C=O) groups excluding carboxylic acids is 1. The molecule has 0 aliphatic rings. The number of rotatable bonds is 3. The van der Waals surface area contributed by atoms with Gasteiger partial charge in [0.1, 0.15) is 0 Å². The second kappa shape index (κ2) is 6.07. The lowest BCUT2D eigenvalue weighted by molar-refractivity contribution is 0.102. The summed E-state index contributed by atoms with van der Waals surface area (Å²) < 4.78 is 0. The highest BCUT2D eigenvalue weighted by Gasteiger charge is 2.10. The van der Waals surface area contributed by atoms with Crippen LogP contribution in [0.5, 0.6) is 0 Å². The lowest BCUT2D eigenvalue weighted by atomic mass is 10.2. The molecule has 0 radical (unpaired) electrons. The van der Waals surface area contributed by atoms with Crippen LogP contribution in [-0.4, -0.2) is 30.2 Å².